The van der Waals surface area contributed by atoms with Gasteiger partial charge in [-0.05, 0) is 60.3 Å². The van der Waals surface area contributed by atoms with Crippen molar-refractivity contribution in [1.82, 2.24) is 10.2 Å². The summed E-state index contributed by atoms with van der Waals surface area (Å²) in [5.74, 6) is 0. The number of nitrogens with zero attached hydrogens (tertiary/aromatic N) is 1. The van der Waals surface area contributed by atoms with Crippen LogP contribution in [0.1, 0.15) is 30.6 Å². The number of nitrogens with one attached hydrogen (secondary N) is 1. The van der Waals surface area contributed by atoms with E-state index in [1.54, 1.807) is 0 Å². The van der Waals surface area contributed by atoms with Gasteiger partial charge in [0.2, 0.25) is 0 Å². The number of halogens is 1. The van der Waals surface area contributed by atoms with Crippen molar-refractivity contribution in [2.75, 3.05) is 13.1 Å². The van der Waals surface area contributed by atoms with E-state index in [1.165, 1.54) is 47.4 Å². The highest BCUT2D eigenvalue weighted by molar-refractivity contribution is 9.11. The number of rotatable bonds is 5. The van der Waals surface area contributed by atoms with Crippen LogP contribution in [0.4, 0.5) is 0 Å². The third kappa shape index (κ3) is 3.31. The van der Waals surface area contributed by atoms with Gasteiger partial charge in [-0.2, -0.15) is 0 Å². The first kappa shape index (κ1) is 12.2. The van der Waals surface area contributed by atoms with Crippen LogP contribution in [0.25, 0.3) is 0 Å². The third-order valence-electron chi connectivity index (χ3n) is 3.71. The second-order valence-corrected chi connectivity index (χ2v) is 7.70. The highest BCUT2D eigenvalue weighted by Crippen LogP contribution is 2.27. The SMILES string of the molecule is Brc1ccc(CN2CCCC2CNC2CC2)s1. The van der Waals surface area contributed by atoms with Gasteiger partial charge in [-0.15, -0.1) is 11.3 Å². The molecular formula is C13H19BrN2S. The van der Waals surface area contributed by atoms with Gasteiger partial charge in [0.1, 0.15) is 0 Å². The summed E-state index contributed by atoms with van der Waals surface area (Å²) in [4.78, 5) is 4.13. The molecule has 0 aromatic carbocycles. The molecule has 17 heavy (non-hydrogen) atoms. The van der Waals surface area contributed by atoms with Crippen LogP contribution in [0.15, 0.2) is 15.9 Å². The summed E-state index contributed by atoms with van der Waals surface area (Å²) in [5, 5.41) is 3.67. The first-order valence-electron chi connectivity index (χ1n) is 6.53. The highest BCUT2D eigenvalue weighted by Gasteiger charge is 2.27. The van der Waals surface area contributed by atoms with Crippen molar-refractivity contribution in [2.45, 2.75) is 44.3 Å². The third-order valence-corrected chi connectivity index (χ3v) is 5.31. The molecule has 1 unspecified atom stereocenters. The van der Waals surface area contributed by atoms with Crippen LogP contribution in [0.3, 0.4) is 0 Å². The fourth-order valence-corrected chi connectivity index (χ4v) is 4.07. The average Bonchev–Trinajstić information content (AvgIpc) is 2.90. The van der Waals surface area contributed by atoms with Gasteiger partial charge in [0.05, 0.1) is 3.79 Å². The zero-order valence-electron chi connectivity index (χ0n) is 9.99. The minimum atomic E-state index is 0.761. The van der Waals surface area contributed by atoms with E-state index in [2.05, 4.69) is 38.3 Å². The Morgan fingerprint density at radius 3 is 2.94 bits per heavy atom. The van der Waals surface area contributed by atoms with Crippen molar-refractivity contribution in [3.8, 4) is 0 Å². The minimum absolute atomic E-state index is 0.761. The van der Waals surface area contributed by atoms with Gasteiger partial charge in [0.15, 0.2) is 0 Å². The molecule has 94 valence electrons. The van der Waals surface area contributed by atoms with E-state index in [9.17, 15) is 0 Å². The Balaban J connectivity index is 1.53. The van der Waals surface area contributed by atoms with E-state index in [4.69, 9.17) is 0 Å². The molecule has 1 aromatic rings. The van der Waals surface area contributed by atoms with Crippen LogP contribution in [-0.2, 0) is 6.54 Å². The Morgan fingerprint density at radius 1 is 1.35 bits per heavy atom. The molecule has 1 atom stereocenters. The summed E-state index contributed by atoms with van der Waals surface area (Å²) in [7, 11) is 0. The lowest BCUT2D eigenvalue weighted by Gasteiger charge is -2.24. The van der Waals surface area contributed by atoms with E-state index in [0.717, 1.165) is 18.6 Å². The Labute approximate surface area is 116 Å². The smallest absolute Gasteiger partial charge is 0.0701 e. The topological polar surface area (TPSA) is 15.3 Å². The number of hydrogen-bond acceptors (Lipinski definition) is 3. The van der Waals surface area contributed by atoms with Crippen molar-refractivity contribution < 1.29 is 0 Å². The maximum absolute atomic E-state index is 3.67. The maximum Gasteiger partial charge on any atom is 0.0701 e. The molecule has 2 aliphatic rings. The van der Waals surface area contributed by atoms with Crippen LogP contribution in [-0.4, -0.2) is 30.1 Å². The summed E-state index contributed by atoms with van der Waals surface area (Å²) >= 11 is 5.41. The summed E-state index contributed by atoms with van der Waals surface area (Å²) in [6, 6.07) is 6.01. The Bertz CT molecular complexity index is 375. The largest absolute Gasteiger partial charge is 0.312 e. The van der Waals surface area contributed by atoms with Gasteiger partial charge in [0, 0.05) is 30.1 Å². The molecule has 4 heteroatoms. The summed E-state index contributed by atoms with van der Waals surface area (Å²) < 4.78 is 1.25. The molecule has 1 saturated carbocycles. The van der Waals surface area contributed by atoms with Gasteiger partial charge in [-0.3, -0.25) is 4.90 Å². The normalized spacial score (nSPS) is 25.6. The van der Waals surface area contributed by atoms with Gasteiger partial charge in [-0.25, -0.2) is 0 Å². The van der Waals surface area contributed by atoms with Crippen molar-refractivity contribution in [2.24, 2.45) is 0 Å². The zero-order valence-corrected chi connectivity index (χ0v) is 12.4. The van der Waals surface area contributed by atoms with Crippen LogP contribution in [0.5, 0.6) is 0 Å². The number of thiophene rings is 1. The Kier molecular flexibility index (Phi) is 3.85. The van der Waals surface area contributed by atoms with Gasteiger partial charge in [-0.1, -0.05) is 0 Å². The first-order valence-corrected chi connectivity index (χ1v) is 8.14. The van der Waals surface area contributed by atoms with Crippen molar-refractivity contribution >= 4 is 27.3 Å². The predicted molar refractivity (Wildman–Crippen MR) is 76.5 cm³/mol. The van der Waals surface area contributed by atoms with Gasteiger partial charge in [0.25, 0.3) is 0 Å². The average molecular weight is 315 g/mol. The molecular weight excluding hydrogens is 296 g/mol. The zero-order chi connectivity index (χ0) is 11.7. The van der Waals surface area contributed by atoms with Crippen LogP contribution < -0.4 is 5.32 Å². The highest BCUT2D eigenvalue weighted by atomic mass is 79.9. The molecule has 3 rings (SSSR count). The van der Waals surface area contributed by atoms with Gasteiger partial charge >= 0.3 is 0 Å². The van der Waals surface area contributed by atoms with E-state index in [-0.39, 0.29) is 0 Å². The minimum Gasteiger partial charge on any atom is -0.312 e. The first-order chi connectivity index (χ1) is 8.31. The van der Waals surface area contributed by atoms with Crippen LogP contribution in [0, 0.1) is 0 Å². The summed E-state index contributed by atoms with van der Waals surface area (Å²) in [6.45, 7) is 3.59. The lowest BCUT2D eigenvalue weighted by atomic mass is 10.2. The molecule has 1 aliphatic heterocycles. The molecule has 1 aromatic heterocycles. The van der Waals surface area contributed by atoms with E-state index >= 15 is 0 Å². The summed E-state index contributed by atoms with van der Waals surface area (Å²) in [6.07, 6.45) is 5.52. The molecule has 1 N–H and O–H groups in total. The lowest BCUT2D eigenvalue weighted by molar-refractivity contribution is 0.241. The molecule has 1 aliphatic carbocycles. The fourth-order valence-electron chi connectivity index (χ4n) is 2.56. The maximum atomic E-state index is 3.67. The molecule has 2 fully saturated rings. The Morgan fingerprint density at radius 2 is 2.24 bits per heavy atom. The molecule has 0 amide bonds. The fraction of sp³-hybridized carbons (Fsp3) is 0.692. The molecule has 2 heterocycles. The van der Waals surface area contributed by atoms with Gasteiger partial charge < -0.3 is 5.32 Å². The standard InChI is InChI=1S/C13H19BrN2S/c14-13-6-5-12(17-13)9-16-7-1-2-11(16)8-15-10-3-4-10/h5-6,10-11,15H,1-4,7-9H2. The van der Waals surface area contributed by atoms with Crippen LogP contribution >= 0.6 is 27.3 Å². The predicted octanol–water partition coefficient (Wildman–Crippen LogP) is 3.23. The lowest BCUT2D eigenvalue weighted by Crippen LogP contribution is -2.38. The monoisotopic (exact) mass is 314 g/mol. The second kappa shape index (κ2) is 5.39. The Hall–Kier alpha value is 0.1000. The quantitative estimate of drug-likeness (QED) is 0.897. The molecule has 1 saturated heterocycles. The van der Waals surface area contributed by atoms with E-state index < -0.39 is 0 Å². The second-order valence-electron chi connectivity index (χ2n) is 5.15. The molecule has 0 radical (unpaired) electrons. The summed E-state index contributed by atoms with van der Waals surface area (Å²) in [5.41, 5.74) is 0. The number of hydrogen-bond donors (Lipinski definition) is 1. The van der Waals surface area contributed by atoms with Crippen molar-refractivity contribution in [3.05, 3.63) is 20.8 Å². The molecule has 0 bridgehead atoms. The molecule has 0 spiro atoms. The number of likely N-dealkylation sites (tertiary alicyclic amines) is 1. The van der Waals surface area contributed by atoms with E-state index in [1.807, 2.05) is 11.3 Å². The molecule has 2 nitrogen and oxygen atoms in total. The van der Waals surface area contributed by atoms with E-state index in [0.29, 0.717) is 0 Å². The van der Waals surface area contributed by atoms with Crippen molar-refractivity contribution in [3.63, 3.8) is 0 Å². The van der Waals surface area contributed by atoms with Crippen LogP contribution in [0.2, 0.25) is 0 Å². The van der Waals surface area contributed by atoms with Crippen molar-refractivity contribution in [1.29, 1.82) is 0 Å².